The molecule has 0 fully saturated rings. The fraction of sp³-hybridized carbons (Fsp3) is 0.222. The molecule has 0 bridgehead atoms. The fourth-order valence-corrected chi connectivity index (χ4v) is 2.59. The predicted octanol–water partition coefficient (Wildman–Crippen LogP) is 2.39. The van der Waals surface area contributed by atoms with Crippen LogP contribution in [-0.4, -0.2) is 38.0 Å². The van der Waals surface area contributed by atoms with Crippen LogP contribution in [0.25, 0.3) is 0 Å². The second-order valence-corrected chi connectivity index (χ2v) is 6.48. The van der Waals surface area contributed by atoms with Crippen LogP contribution in [-0.2, 0) is 18.9 Å². The average Bonchev–Trinajstić information content (AvgIpc) is 3.18. The molecular formula is C18H19ClN6O3. The van der Waals surface area contributed by atoms with Crippen molar-refractivity contribution in [3.8, 4) is 5.75 Å². The van der Waals surface area contributed by atoms with Gasteiger partial charge < -0.3 is 15.4 Å². The molecule has 0 unspecified atom stereocenters. The molecule has 0 aliphatic rings. The molecule has 2 aromatic heterocycles. The molecular weight excluding hydrogens is 384 g/mol. The van der Waals surface area contributed by atoms with Gasteiger partial charge in [0.05, 0.1) is 29.5 Å². The van der Waals surface area contributed by atoms with Crippen LogP contribution in [0.1, 0.15) is 16.2 Å². The molecule has 146 valence electrons. The van der Waals surface area contributed by atoms with Crippen LogP contribution in [0.5, 0.6) is 5.75 Å². The minimum absolute atomic E-state index is 0.211. The summed E-state index contributed by atoms with van der Waals surface area (Å²) in [6.45, 7) is 1.61. The number of aromatic nitrogens is 4. The number of hydrogen-bond donors (Lipinski definition) is 2. The zero-order valence-electron chi connectivity index (χ0n) is 15.6. The van der Waals surface area contributed by atoms with E-state index in [1.807, 2.05) is 6.92 Å². The van der Waals surface area contributed by atoms with Gasteiger partial charge >= 0.3 is 0 Å². The number of nitrogens with zero attached hydrogens (tertiary/aromatic N) is 4. The van der Waals surface area contributed by atoms with Gasteiger partial charge in [0.15, 0.2) is 6.61 Å². The maximum Gasteiger partial charge on any atom is 0.276 e. The third-order valence-corrected chi connectivity index (χ3v) is 4.35. The van der Waals surface area contributed by atoms with E-state index in [9.17, 15) is 9.59 Å². The number of aryl methyl sites for hydroxylation is 2. The lowest BCUT2D eigenvalue weighted by Crippen LogP contribution is -2.23. The number of amides is 2. The Bertz CT molecular complexity index is 1010. The van der Waals surface area contributed by atoms with Crippen molar-refractivity contribution in [3.05, 3.63) is 53.1 Å². The van der Waals surface area contributed by atoms with Gasteiger partial charge in [-0.25, -0.2) is 0 Å². The second kappa shape index (κ2) is 8.13. The molecule has 2 amide bonds. The van der Waals surface area contributed by atoms with E-state index in [2.05, 4.69) is 20.8 Å². The minimum Gasteiger partial charge on any atom is -0.484 e. The summed E-state index contributed by atoms with van der Waals surface area (Å²) in [7, 11) is 3.40. The smallest absolute Gasteiger partial charge is 0.276 e. The van der Waals surface area contributed by atoms with E-state index in [0.29, 0.717) is 16.5 Å². The highest BCUT2D eigenvalue weighted by Gasteiger charge is 2.20. The van der Waals surface area contributed by atoms with Gasteiger partial charge in [-0.3, -0.25) is 19.0 Å². The third-order valence-electron chi connectivity index (χ3n) is 4.09. The predicted molar refractivity (Wildman–Crippen MR) is 105 cm³/mol. The number of anilines is 2. The lowest BCUT2D eigenvalue weighted by Gasteiger charge is -2.09. The molecule has 0 saturated heterocycles. The van der Waals surface area contributed by atoms with Gasteiger partial charge in [-0.15, -0.1) is 0 Å². The van der Waals surface area contributed by atoms with Crippen LogP contribution in [0.3, 0.4) is 0 Å². The summed E-state index contributed by atoms with van der Waals surface area (Å²) < 4.78 is 8.44. The van der Waals surface area contributed by atoms with Crippen molar-refractivity contribution in [2.75, 3.05) is 17.2 Å². The molecule has 0 spiro atoms. The van der Waals surface area contributed by atoms with E-state index in [1.54, 1.807) is 49.2 Å². The standard InChI is InChI=1S/C18H19ClN6O3/c1-11-14(8-20-24(11)2)23-18(27)17-15(9-21-25(17)3)22-16(26)10-28-13-6-4-12(19)5-7-13/h4-9H,10H2,1-3H3,(H,22,26)(H,23,27). The van der Waals surface area contributed by atoms with Crippen molar-refractivity contribution in [1.82, 2.24) is 19.6 Å². The van der Waals surface area contributed by atoms with E-state index in [1.165, 1.54) is 10.9 Å². The molecule has 0 radical (unpaired) electrons. The first kappa shape index (κ1) is 19.4. The molecule has 1 aromatic carbocycles. The Morgan fingerprint density at radius 2 is 1.68 bits per heavy atom. The number of nitrogens with one attached hydrogen (secondary N) is 2. The van der Waals surface area contributed by atoms with Crippen LogP contribution < -0.4 is 15.4 Å². The number of carbonyl (C=O) groups is 2. The lowest BCUT2D eigenvalue weighted by molar-refractivity contribution is -0.118. The van der Waals surface area contributed by atoms with Crippen molar-refractivity contribution in [3.63, 3.8) is 0 Å². The van der Waals surface area contributed by atoms with Gasteiger partial charge in [0.1, 0.15) is 11.4 Å². The van der Waals surface area contributed by atoms with Gasteiger partial charge in [-0.2, -0.15) is 10.2 Å². The van der Waals surface area contributed by atoms with Crippen LogP contribution in [0.2, 0.25) is 5.02 Å². The topological polar surface area (TPSA) is 103 Å². The number of ether oxygens (including phenoxy) is 1. The highest BCUT2D eigenvalue weighted by Crippen LogP contribution is 2.19. The normalized spacial score (nSPS) is 10.6. The van der Waals surface area contributed by atoms with Gasteiger partial charge in [-0.1, -0.05) is 11.6 Å². The van der Waals surface area contributed by atoms with Gasteiger partial charge in [0.25, 0.3) is 11.8 Å². The maximum absolute atomic E-state index is 12.7. The highest BCUT2D eigenvalue weighted by atomic mass is 35.5. The Labute approximate surface area is 166 Å². The molecule has 0 saturated carbocycles. The van der Waals surface area contributed by atoms with Gasteiger partial charge in [-0.05, 0) is 31.2 Å². The maximum atomic E-state index is 12.7. The van der Waals surface area contributed by atoms with Crippen LogP contribution >= 0.6 is 11.6 Å². The summed E-state index contributed by atoms with van der Waals surface area (Å²) in [6.07, 6.45) is 2.97. The Morgan fingerprint density at radius 1 is 1.04 bits per heavy atom. The van der Waals surface area contributed by atoms with Crippen molar-refractivity contribution in [1.29, 1.82) is 0 Å². The quantitative estimate of drug-likeness (QED) is 0.659. The Morgan fingerprint density at radius 3 is 2.32 bits per heavy atom. The largest absolute Gasteiger partial charge is 0.484 e. The minimum atomic E-state index is -0.422. The lowest BCUT2D eigenvalue weighted by atomic mass is 10.3. The zero-order valence-corrected chi connectivity index (χ0v) is 16.3. The van der Waals surface area contributed by atoms with E-state index >= 15 is 0 Å². The molecule has 9 nitrogen and oxygen atoms in total. The van der Waals surface area contributed by atoms with Crippen molar-refractivity contribution in [2.45, 2.75) is 6.92 Å². The second-order valence-electron chi connectivity index (χ2n) is 6.04. The molecule has 0 aliphatic heterocycles. The average molecular weight is 403 g/mol. The zero-order chi connectivity index (χ0) is 20.3. The third kappa shape index (κ3) is 4.32. The number of halogens is 1. The number of rotatable bonds is 6. The van der Waals surface area contributed by atoms with E-state index in [-0.39, 0.29) is 18.0 Å². The van der Waals surface area contributed by atoms with Crippen LogP contribution in [0.4, 0.5) is 11.4 Å². The summed E-state index contributed by atoms with van der Waals surface area (Å²) in [5.74, 6) is -0.324. The Hall–Kier alpha value is -3.33. The fourth-order valence-electron chi connectivity index (χ4n) is 2.47. The SMILES string of the molecule is Cc1c(NC(=O)c2c(NC(=O)COc3ccc(Cl)cc3)cnn2C)cnn1C. The van der Waals surface area contributed by atoms with Crippen LogP contribution in [0.15, 0.2) is 36.7 Å². The summed E-state index contributed by atoms with van der Waals surface area (Å²) in [5.41, 5.74) is 1.88. The monoisotopic (exact) mass is 402 g/mol. The molecule has 10 heteroatoms. The molecule has 2 heterocycles. The highest BCUT2D eigenvalue weighted by molar-refractivity contribution is 6.30. The molecule has 3 rings (SSSR count). The van der Waals surface area contributed by atoms with Gasteiger partial charge in [0, 0.05) is 19.1 Å². The Balaban J connectivity index is 1.66. The number of hydrogen-bond acceptors (Lipinski definition) is 5. The van der Waals surface area contributed by atoms with E-state index in [0.717, 1.165) is 5.69 Å². The Kier molecular flexibility index (Phi) is 5.65. The first-order valence-corrected chi connectivity index (χ1v) is 8.73. The summed E-state index contributed by atoms with van der Waals surface area (Å²) in [4.78, 5) is 24.9. The first-order valence-electron chi connectivity index (χ1n) is 8.35. The first-order chi connectivity index (χ1) is 13.3. The van der Waals surface area contributed by atoms with E-state index < -0.39 is 11.8 Å². The molecule has 0 atom stereocenters. The molecule has 3 aromatic rings. The van der Waals surface area contributed by atoms with E-state index in [4.69, 9.17) is 16.3 Å². The van der Waals surface area contributed by atoms with Crippen LogP contribution in [0, 0.1) is 6.92 Å². The molecule has 2 N–H and O–H groups in total. The number of benzene rings is 1. The van der Waals surface area contributed by atoms with Gasteiger partial charge in [0.2, 0.25) is 0 Å². The summed E-state index contributed by atoms with van der Waals surface area (Å²) in [5, 5.41) is 14.1. The summed E-state index contributed by atoms with van der Waals surface area (Å²) in [6, 6.07) is 6.65. The van der Waals surface area contributed by atoms with Crippen molar-refractivity contribution in [2.24, 2.45) is 14.1 Å². The summed E-state index contributed by atoms with van der Waals surface area (Å²) >= 11 is 5.81. The van der Waals surface area contributed by atoms with Crippen molar-refractivity contribution >= 4 is 34.8 Å². The molecule has 28 heavy (non-hydrogen) atoms. The molecule has 0 aliphatic carbocycles. The van der Waals surface area contributed by atoms with Crippen molar-refractivity contribution < 1.29 is 14.3 Å². The number of carbonyl (C=O) groups excluding carboxylic acids is 2.